The molecule has 0 aromatic carbocycles. The van der Waals surface area contributed by atoms with Gasteiger partial charge in [-0.15, -0.1) is 0 Å². The predicted octanol–water partition coefficient (Wildman–Crippen LogP) is 1.35. The highest BCUT2D eigenvalue weighted by molar-refractivity contribution is 9.09. The predicted molar refractivity (Wildman–Crippen MR) is 44.4 cm³/mol. The van der Waals surface area contributed by atoms with Gasteiger partial charge in [-0.1, -0.05) is 15.9 Å². The molecule has 1 atom stereocenters. The van der Waals surface area contributed by atoms with E-state index in [4.69, 9.17) is 0 Å². The molecule has 0 aliphatic heterocycles. The zero-order chi connectivity index (χ0) is 7.28. The third kappa shape index (κ3) is 4.33. The maximum Gasteiger partial charge on any atom is 0.0809 e. The Morgan fingerprint density at radius 3 is 2.56 bits per heavy atom. The lowest BCUT2D eigenvalue weighted by Crippen LogP contribution is -2.17. The number of nitrogens with zero attached hydrogens (tertiary/aromatic N) is 1. The van der Waals surface area contributed by atoms with E-state index in [9.17, 15) is 0 Å². The van der Waals surface area contributed by atoms with Crippen LogP contribution in [0.4, 0.5) is 0 Å². The normalized spacial score (nSPS) is 13.8. The van der Waals surface area contributed by atoms with Gasteiger partial charge in [0.15, 0.2) is 0 Å². The molecule has 0 aromatic heterocycles. The third-order valence-electron chi connectivity index (χ3n) is 1.04. The van der Waals surface area contributed by atoms with Crippen molar-refractivity contribution in [3.05, 3.63) is 12.4 Å². The molecule has 0 fully saturated rings. The van der Waals surface area contributed by atoms with Crippen molar-refractivity contribution in [3.8, 4) is 0 Å². The Labute approximate surface area is 65.1 Å². The molecule has 9 heavy (non-hydrogen) atoms. The summed E-state index contributed by atoms with van der Waals surface area (Å²) >= 11 is 3.42. The molecule has 2 nitrogen and oxygen atoms in total. The second-order valence-electron chi connectivity index (χ2n) is 1.84. The molecule has 1 N–H and O–H groups in total. The molecule has 0 heterocycles. The summed E-state index contributed by atoms with van der Waals surface area (Å²) in [4.78, 5) is 2.44. The Morgan fingerprint density at radius 2 is 2.22 bits per heavy atom. The van der Waals surface area contributed by atoms with E-state index in [0.29, 0.717) is 4.95 Å². The number of hydrogen-bond acceptors (Lipinski definition) is 2. The quantitative estimate of drug-likeness (QED) is 0.537. The first-order valence-electron chi connectivity index (χ1n) is 2.88. The van der Waals surface area contributed by atoms with E-state index in [1.165, 1.54) is 0 Å². The topological polar surface area (TPSA) is 15.3 Å². The smallest absolute Gasteiger partial charge is 0.0809 e. The summed E-state index contributed by atoms with van der Waals surface area (Å²) in [7, 11) is 3.89. The molecule has 0 aromatic rings. The summed E-state index contributed by atoms with van der Waals surface area (Å²) in [6.07, 6.45) is 3.86. The molecule has 0 aliphatic rings. The summed E-state index contributed by atoms with van der Waals surface area (Å²) in [5, 5.41) is 2.91. The van der Waals surface area contributed by atoms with Crippen LogP contribution >= 0.6 is 15.9 Å². The lowest BCUT2D eigenvalue weighted by Gasteiger charge is -2.16. The van der Waals surface area contributed by atoms with Gasteiger partial charge < -0.3 is 10.2 Å². The van der Waals surface area contributed by atoms with E-state index in [1.807, 2.05) is 26.5 Å². The molecule has 3 heteroatoms. The van der Waals surface area contributed by atoms with Gasteiger partial charge in [0.1, 0.15) is 0 Å². The first kappa shape index (κ1) is 8.82. The van der Waals surface area contributed by atoms with Crippen molar-refractivity contribution in [2.45, 2.75) is 11.9 Å². The second-order valence-corrected chi connectivity index (χ2v) is 3.17. The maximum absolute atomic E-state index is 3.42. The van der Waals surface area contributed by atoms with Crippen LogP contribution in [0.1, 0.15) is 6.92 Å². The van der Waals surface area contributed by atoms with Gasteiger partial charge in [0.05, 0.1) is 4.95 Å². The van der Waals surface area contributed by atoms with E-state index in [-0.39, 0.29) is 0 Å². The molecular weight excluding hydrogens is 180 g/mol. The van der Waals surface area contributed by atoms with Crippen LogP contribution in [0, 0.1) is 0 Å². The average molecular weight is 193 g/mol. The van der Waals surface area contributed by atoms with Crippen molar-refractivity contribution in [1.82, 2.24) is 10.2 Å². The van der Waals surface area contributed by atoms with E-state index in [2.05, 4.69) is 33.1 Å². The van der Waals surface area contributed by atoms with Gasteiger partial charge >= 0.3 is 0 Å². The fourth-order valence-corrected chi connectivity index (χ4v) is 0.447. The van der Waals surface area contributed by atoms with Gasteiger partial charge in [-0.3, -0.25) is 0 Å². The van der Waals surface area contributed by atoms with E-state index in [0.717, 1.165) is 0 Å². The van der Waals surface area contributed by atoms with Crippen molar-refractivity contribution in [3.63, 3.8) is 0 Å². The summed E-state index contributed by atoms with van der Waals surface area (Å²) in [6.45, 7) is 2.07. The lowest BCUT2D eigenvalue weighted by molar-refractivity contribution is 0.455. The highest BCUT2D eigenvalue weighted by atomic mass is 79.9. The van der Waals surface area contributed by atoms with Gasteiger partial charge in [-0.05, 0) is 6.92 Å². The Hall–Kier alpha value is -0.180. The molecular formula is C6H13BrN2. The molecule has 0 saturated carbocycles. The molecule has 1 unspecified atom stereocenters. The van der Waals surface area contributed by atoms with Gasteiger partial charge in [-0.2, -0.15) is 0 Å². The van der Waals surface area contributed by atoms with Crippen LogP contribution in [0.25, 0.3) is 0 Å². The van der Waals surface area contributed by atoms with Crippen molar-refractivity contribution < 1.29 is 0 Å². The summed E-state index contributed by atoms with van der Waals surface area (Å²) in [5.41, 5.74) is 0. The Balaban J connectivity index is 3.48. The zero-order valence-corrected chi connectivity index (χ0v) is 7.64. The summed E-state index contributed by atoms with van der Waals surface area (Å²) in [5.74, 6) is 0. The van der Waals surface area contributed by atoms with Crippen molar-refractivity contribution in [2.75, 3.05) is 14.1 Å². The second kappa shape index (κ2) is 4.68. The number of alkyl halides is 1. The number of rotatable bonds is 3. The molecule has 0 rings (SSSR count). The molecule has 54 valence electrons. The van der Waals surface area contributed by atoms with Crippen LogP contribution in [0.3, 0.4) is 0 Å². The van der Waals surface area contributed by atoms with E-state index in [1.54, 1.807) is 0 Å². The highest BCUT2D eigenvalue weighted by Gasteiger charge is 1.95. The van der Waals surface area contributed by atoms with Crippen LogP contribution < -0.4 is 5.32 Å². The first-order chi connectivity index (χ1) is 4.18. The van der Waals surface area contributed by atoms with Gasteiger partial charge in [0.25, 0.3) is 0 Å². The molecule has 0 saturated heterocycles. The Morgan fingerprint density at radius 1 is 1.67 bits per heavy atom. The molecule has 0 spiro atoms. The lowest BCUT2D eigenvalue weighted by atomic mass is 10.6. The average Bonchev–Trinajstić information content (AvgIpc) is 1.82. The van der Waals surface area contributed by atoms with E-state index >= 15 is 0 Å². The standard InChI is InChI=1S/C6H13BrN2/c1-6(7)9(3)5-4-8-2/h4-6,8H,1-3H3/b5-4-. The van der Waals surface area contributed by atoms with E-state index < -0.39 is 0 Å². The fraction of sp³-hybridized carbons (Fsp3) is 0.667. The van der Waals surface area contributed by atoms with Crippen molar-refractivity contribution >= 4 is 15.9 Å². The van der Waals surface area contributed by atoms with Crippen LogP contribution in [0.5, 0.6) is 0 Å². The molecule has 0 bridgehead atoms. The van der Waals surface area contributed by atoms with Crippen molar-refractivity contribution in [1.29, 1.82) is 0 Å². The minimum Gasteiger partial charge on any atom is -0.393 e. The monoisotopic (exact) mass is 192 g/mol. The van der Waals surface area contributed by atoms with Crippen LogP contribution in [0.15, 0.2) is 12.4 Å². The Kier molecular flexibility index (Phi) is 4.58. The third-order valence-corrected chi connectivity index (χ3v) is 1.68. The summed E-state index contributed by atoms with van der Waals surface area (Å²) in [6, 6.07) is 0. The fourth-order valence-electron chi connectivity index (χ4n) is 0.311. The molecule has 0 amide bonds. The number of nitrogens with one attached hydrogen (secondary N) is 1. The van der Waals surface area contributed by atoms with Crippen LogP contribution in [0.2, 0.25) is 0 Å². The minimum absolute atomic E-state index is 0.391. The van der Waals surface area contributed by atoms with Crippen molar-refractivity contribution in [2.24, 2.45) is 0 Å². The number of hydrogen-bond donors (Lipinski definition) is 1. The first-order valence-corrected chi connectivity index (χ1v) is 3.80. The van der Waals surface area contributed by atoms with Gasteiger partial charge in [0.2, 0.25) is 0 Å². The van der Waals surface area contributed by atoms with Gasteiger partial charge in [-0.25, -0.2) is 0 Å². The highest BCUT2D eigenvalue weighted by Crippen LogP contribution is 2.02. The SMILES string of the molecule is CN/C=C\N(C)C(C)Br. The minimum atomic E-state index is 0.391. The van der Waals surface area contributed by atoms with Crippen LogP contribution in [-0.4, -0.2) is 23.9 Å². The molecule has 0 aliphatic carbocycles. The molecule has 0 radical (unpaired) electrons. The summed E-state index contributed by atoms with van der Waals surface area (Å²) < 4.78 is 0. The zero-order valence-electron chi connectivity index (χ0n) is 6.06. The van der Waals surface area contributed by atoms with Crippen LogP contribution in [-0.2, 0) is 0 Å². The van der Waals surface area contributed by atoms with Gasteiger partial charge in [0, 0.05) is 26.5 Å². The largest absolute Gasteiger partial charge is 0.393 e. The Bertz CT molecular complexity index is 91.1. The number of halogens is 1. The maximum atomic E-state index is 3.42.